The maximum atomic E-state index is 12.9. The van der Waals surface area contributed by atoms with Gasteiger partial charge in [-0.25, -0.2) is 0 Å². The molecule has 100 valence electrons. The van der Waals surface area contributed by atoms with Crippen LogP contribution < -0.4 is 4.74 Å². The van der Waals surface area contributed by atoms with E-state index in [1.165, 1.54) is 19.2 Å². The summed E-state index contributed by atoms with van der Waals surface area (Å²) in [7, 11) is 1.53. The molecule has 0 aliphatic heterocycles. The number of rotatable bonds is 3. The van der Waals surface area contributed by atoms with Gasteiger partial charge < -0.3 is 4.74 Å². The molecule has 0 saturated heterocycles. The minimum absolute atomic E-state index is 0.229. The molecule has 4 heteroatoms. The molecule has 0 amide bonds. The van der Waals surface area contributed by atoms with Crippen LogP contribution in [0.4, 0.5) is 13.2 Å². The zero-order chi connectivity index (χ0) is 13.9. The van der Waals surface area contributed by atoms with Crippen molar-refractivity contribution in [1.82, 2.24) is 0 Å². The van der Waals surface area contributed by atoms with E-state index in [4.69, 9.17) is 4.74 Å². The molecule has 0 bridgehead atoms. The van der Waals surface area contributed by atoms with E-state index in [1.807, 2.05) is 0 Å². The van der Waals surface area contributed by atoms with Crippen molar-refractivity contribution in [3.63, 3.8) is 0 Å². The quantitative estimate of drug-likeness (QED) is 0.804. The van der Waals surface area contributed by atoms with Crippen LogP contribution in [0.5, 0.6) is 5.75 Å². The molecule has 19 heavy (non-hydrogen) atoms. The molecular weight excluding hydrogens is 253 g/mol. The van der Waals surface area contributed by atoms with Gasteiger partial charge in [0.1, 0.15) is 5.75 Å². The highest BCUT2D eigenvalue weighted by Crippen LogP contribution is 2.33. The van der Waals surface area contributed by atoms with E-state index < -0.39 is 11.7 Å². The van der Waals surface area contributed by atoms with Crippen molar-refractivity contribution in [1.29, 1.82) is 0 Å². The largest absolute Gasteiger partial charge is 0.497 e. The lowest BCUT2D eigenvalue weighted by Crippen LogP contribution is -2.09. The lowest BCUT2D eigenvalue weighted by Gasteiger charge is -2.13. The van der Waals surface area contributed by atoms with E-state index in [2.05, 4.69) is 0 Å². The van der Waals surface area contributed by atoms with Crippen molar-refractivity contribution in [2.24, 2.45) is 0 Å². The maximum absolute atomic E-state index is 12.9. The number of benzene rings is 2. The van der Waals surface area contributed by atoms with E-state index in [9.17, 15) is 13.2 Å². The Kier molecular flexibility index (Phi) is 3.79. The van der Waals surface area contributed by atoms with Crippen molar-refractivity contribution in [2.75, 3.05) is 7.11 Å². The Morgan fingerprint density at radius 2 is 1.74 bits per heavy atom. The third-order valence-corrected chi connectivity index (χ3v) is 2.85. The lowest BCUT2D eigenvalue weighted by molar-refractivity contribution is -0.138. The molecule has 0 aromatic heterocycles. The van der Waals surface area contributed by atoms with Gasteiger partial charge in [-0.2, -0.15) is 13.2 Å². The van der Waals surface area contributed by atoms with E-state index in [0.717, 1.165) is 11.6 Å². The summed E-state index contributed by atoms with van der Waals surface area (Å²) >= 11 is 0. The van der Waals surface area contributed by atoms with E-state index >= 15 is 0 Å². The van der Waals surface area contributed by atoms with E-state index in [1.54, 1.807) is 30.3 Å². The second kappa shape index (κ2) is 5.34. The molecule has 0 fully saturated rings. The first-order chi connectivity index (χ1) is 9.00. The molecule has 0 spiro atoms. The summed E-state index contributed by atoms with van der Waals surface area (Å²) in [5.74, 6) is 0.641. The number of methoxy groups -OCH3 is 1. The van der Waals surface area contributed by atoms with Crippen molar-refractivity contribution in [2.45, 2.75) is 12.6 Å². The van der Waals surface area contributed by atoms with Gasteiger partial charge in [-0.3, -0.25) is 0 Å². The summed E-state index contributed by atoms with van der Waals surface area (Å²) in [6.45, 7) is 0. The van der Waals surface area contributed by atoms with Crippen molar-refractivity contribution >= 4 is 0 Å². The van der Waals surface area contributed by atoms with Gasteiger partial charge in [-0.05, 0) is 35.7 Å². The number of halogens is 3. The SMILES string of the molecule is COc1cccc(Cc2ccccc2C(F)(F)F)c1. The fourth-order valence-corrected chi connectivity index (χ4v) is 1.95. The number of hydrogen-bond donors (Lipinski definition) is 0. The van der Waals surface area contributed by atoms with Gasteiger partial charge in [-0.1, -0.05) is 30.3 Å². The number of hydrogen-bond acceptors (Lipinski definition) is 1. The van der Waals surface area contributed by atoms with Gasteiger partial charge in [0.05, 0.1) is 12.7 Å². The third kappa shape index (κ3) is 3.28. The molecule has 0 unspecified atom stereocenters. The molecule has 0 atom stereocenters. The summed E-state index contributed by atoms with van der Waals surface area (Å²) in [5.41, 5.74) is 0.470. The zero-order valence-corrected chi connectivity index (χ0v) is 10.4. The third-order valence-electron chi connectivity index (χ3n) is 2.85. The van der Waals surface area contributed by atoms with Crippen molar-refractivity contribution in [3.8, 4) is 5.75 Å². The first-order valence-corrected chi connectivity index (χ1v) is 5.79. The Morgan fingerprint density at radius 1 is 1.00 bits per heavy atom. The Labute approximate surface area is 109 Å². The highest BCUT2D eigenvalue weighted by molar-refractivity contribution is 5.37. The van der Waals surface area contributed by atoms with Gasteiger partial charge >= 0.3 is 6.18 Å². The molecule has 0 N–H and O–H groups in total. The first-order valence-electron chi connectivity index (χ1n) is 5.79. The predicted molar refractivity (Wildman–Crippen MR) is 67.2 cm³/mol. The monoisotopic (exact) mass is 266 g/mol. The molecule has 2 aromatic rings. The summed E-state index contributed by atoms with van der Waals surface area (Å²) < 4.78 is 43.7. The Hall–Kier alpha value is -1.97. The number of alkyl halides is 3. The molecule has 1 nitrogen and oxygen atoms in total. The van der Waals surface area contributed by atoms with Crippen LogP contribution in [0.3, 0.4) is 0 Å². The molecule has 2 rings (SSSR count). The van der Waals surface area contributed by atoms with Crippen molar-refractivity contribution < 1.29 is 17.9 Å². The summed E-state index contributed by atoms with van der Waals surface area (Å²) in [6.07, 6.45) is -4.09. The van der Waals surface area contributed by atoms with Gasteiger partial charge in [0.15, 0.2) is 0 Å². The molecule has 0 aliphatic carbocycles. The normalized spacial score (nSPS) is 11.4. The average Bonchev–Trinajstić information content (AvgIpc) is 2.38. The Balaban J connectivity index is 2.33. The number of ether oxygens (including phenoxy) is 1. The smallest absolute Gasteiger partial charge is 0.416 e. The molecule has 2 aromatic carbocycles. The summed E-state index contributed by atoms with van der Waals surface area (Å²) in [5, 5.41) is 0. The van der Waals surface area contributed by atoms with E-state index in [-0.39, 0.29) is 12.0 Å². The summed E-state index contributed by atoms with van der Waals surface area (Å²) in [4.78, 5) is 0. The van der Waals surface area contributed by atoms with Gasteiger partial charge in [0.2, 0.25) is 0 Å². The molecule has 0 aliphatic rings. The van der Waals surface area contributed by atoms with Crippen LogP contribution in [-0.4, -0.2) is 7.11 Å². The Bertz CT molecular complexity index is 561. The molecule has 0 heterocycles. The van der Waals surface area contributed by atoms with Crippen LogP contribution in [0.25, 0.3) is 0 Å². The van der Waals surface area contributed by atoms with Crippen LogP contribution in [-0.2, 0) is 12.6 Å². The predicted octanol–water partition coefficient (Wildman–Crippen LogP) is 4.30. The van der Waals surface area contributed by atoms with Crippen LogP contribution in [0, 0.1) is 0 Å². The highest BCUT2D eigenvalue weighted by atomic mass is 19.4. The van der Waals surface area contributed by atoms with Gasteiger partial charge in [-0.15, -0.1) is 0 Å². The standard InChI is InChI=1S/C15H13F3O/c1-19-13-7-4-5-11(10-13)9-12-6-2-3-8-14(12)15(16,17)18/h2-8,10H,9H2,1H3. The second-order valence-electron chi connectivity index (χ2n) is 4.18. The zero-order valence-electron chi connectivity index (χ0n) is 10.4. The minimum atomic E-state index is -4.32. The van der Waals surface area contributed by atoms with Crippen LogP contribution >= 0.6 is 0 Å². The molecule has 0 radical (unpaired) electrons. The van der Waals surface area contributed by atoms with E-state index in [0.29, 0.717) is 5.75 Å². The fourth-order valence-electron chi connectivity index (χ4n) is 1.95. The Morgan fingerprint density at radius 3 is 2.42 bits per heavy atom. The fraction of sp³-hybridized carbons (Fsp3) is 0.200. The van der Waals surface area contributed by atoms with Crippen LogP contribution in [0.2, 0.25) is 0 Å². The first kappa shape index (κ1) is 13.5. The maximum Gasteiger partial charge on any atom is 0.416 e. The lowest BCUT2D eigenvalue weighted by atomic mass is 9.99. The van der Waals surface area contributed by atoms with Crippen LogP contribution in [0.1, 0.15) is 16.7 Å². The van der Waals surface area contributed by atoms with Crippen molar-refractivity contribution in [3.05, 3.63) is 65.2 Å². The molecule has 0 saturated carbocycles. The second-order valence-corrected chi connectivity index (χ2v) is 4.18. The average molecular weight is 266 g/mol. The molecular formula is C15H13F3O. The van der Waals surface area contributed by atoms with Crippen LogP contribution in [0.15, 0.2) is 48.5 Å². The topological polar surface area (TPSA) is 9.23 Å². The highest BCUT2D eigenvalue weighted by Gasteiger charge is 2.32. The summed E-state index contributed by atoms with van der Waals surface area (Å²) in [6, 6.07) is 12.7. The minimum Gasteiger partial charge on any atom is -0.497 e. The van der Waals surface area contributed by atoms with Gasteiger partial charge in [0, 0.05) is 0 Å². The van der Waals surface area contributed by atoms with Gasteiger partial charge in [0.25, 0.3) is 0 Å².